The molecule has 0 aliphatic rings. The van der Waals surface area contributed by atoms with Crippen LogP contribution in [0.5, 0.6) is 0 Å². The molecule has 0 fully saturated rings. The topological polar surface area (TPSA) is 266 Å². The number of amides is 6. The highest BCUT2D eigenvalue weighted by molar-refractivity contribution is 5.97. The number of benzene rings is 2. The van der Waals surface area contributed by atoms with Crippen molar-refractivity contribution in [3.8, 4) is 0 Å². The van der Waals surface area contributed by atoms with Gasteiger partial charge in [0, 0.05) is 12.8 Å². The fourth-order valence-electron chi connectivity index (χ4n) is 4.61. The normalized spacial score (nSPS) is 14.0. The minimum absolute atomic E-state index is 0.0265. The van der Waals surface area contributed by atoms with Crippen LogP contribution in [0, 0.1) is 5.92 Å². The fourth-order valence-corrected chi connectivity index (χ4v) is 4.61. The largest absolute Gasteiger partial charge is 0.481 e. The van der Waals surface area contributed by atoms with Gasteiger partial charge in [0.2, 0.25) is 35.4 Å². The van der Waals surface area contributed by atoms with Crippen LogP contribution in [0.2, 0.25) is 0 Å². The van der Waals surface area contributed by atoms with Gasteiger partial charge in [-0.15, -0.1) is 0 Å². The van der Waals surface area contributed by atoms with Crippen LogP contribution in [0.1, 0.15) is 44.2 Å². The molecule has 0 radical (unpaired) electrons. The predicted molar refractivity (Wildman–Crippen MR) is 171 cm³/mol. The highest BCUT2D eigenvalue weighted by Gasteiger charge is 2.33. The molecule has 254 valence electrons. The number of carbonyl (C=O) groups excluding carboxylic acids is 6. The number of carboxylic acids is 1. The molecule has 0 bridgehead atoms. The highest BCUT2D eigenvalue weighted by Crippen LogP contribution is 2.09. The van der Waals surface area contributed by atoms with Crippen LogP contribution >= 0.6 is 0 Å². The van der Waals surface area contributed by atoms with E-state index in [2.05, 4.69) is 21.3 Å². The number of hydrogen-bond acceptors (Lipinski definition) is 8. The number of aliphatic carboxylic acids is 1. The van der Waals surface area contributed by atoms with Crippen molar-refractivity contribution in [3.05, 3.63) is 71.8 Å². The Hall–Kier alpha value is -5.31. The van der Waals surface area contributed by atoms with Crippen molar-refractivity contribution >= 4 is 41.4 Å². The van der Waals surface area contributed by atoms with Gasteiger partial charge >= 0.3 is 5.97 Å². The van der Waals surface area contributed by atoms with Crippen molar-refractivity contribution < 1.29 is 38.7 Å². The van der Waals surface area contributed by atoms with Gasteiger partial charge in [0.25, 0.3) is 0 Å². The maximum atomic E-state index is 13.5. The maximum Gasteiger partial charge on any atom is 0.303 e. The van der Waals surface area contributed by atoms with E-state index in [1.54, 1.807) is 74.5 Å². The fraction of sp³-hybridized carbons (Fsp3) is 0.406. The zero-order chi connectivity index (χ0) is 35.1. The lowest BCUT2D eigenvalue weighted by Crippen LogP contribution is -2.60. The third-order valence-electron chi connectivity index (χ3n) is 7.14. The van der Waals surface area contributed by atoms with E-state index in [0.717, 1.165) is 5.56 Å². The third kappa shape index (κ3) is 13.3. The van der Waals surface area contributed by atoms with Gasteiger partial charge in [-0.3, -0.25) is 33.6 Å². The molecule has 0 saturated heterocycles. The first kappa shape index (κ1) is 37.9. The van der Waals surface area contributed by atoms with Crippen LogP contribution in [0.4, 0.5) is 0 Å². The summed E-state index contributed by atoms with van der Waals surface area (Å²) in [6, 6.07) is 11.0. The Balaban J connectivity index is 2.28. The Morgan fingerprint density at radius 2 is 1.13 bits per heavy atom. The molecule has 0 unspecified atom stereocenters. The minimum atomic E-state index is -1.55. The summed E-state index contributed by atoms with van der Waals surface area (Å²) in [6.45, 7) is 3.35. The van der Waals surface area contributed by atoms with Gasteiger partial charge in [0.1, 0.15) is 24.2 Å². The lowest BCUT2D eigenvalue weighted by Gasteiger charge is -2.27. The zero-order valence-electron chi connectivity index (χ0n) is 26.3. The zero-order valence-corrected chi connectivity index (χ0v) is 26.3. The van der Waals surface area contributed by atoms with Gasteiger partial charge in [-0.05, 0) is 29.9 Å². The molecule has 47 heavy (non-hydrogen) atoms. The number of hydrogen-bond donors (Lipinski definition) is 8. The molecule has 0 aliphatic carbocycles. The van der Waals surface area contributed by atoms with Gasteiger partial charge in [-0.1, -0.05) is 74.5 Å². The molecular formula is C32H43N7O8. The molecular weight excluding hydrogens is 610 g/mol. The van der Waals surface area contributed by atoms with Crippen LogP contribution in [0.15, 0.2) is 60.7 Å². The van der Waals surface area contributed by atoms with Crippen LogP contribution < -0.4 is 38.5 Å². The first-order chi connectivity index (χ1) is 22.2. The predicted octanol–water partition coefficient (Wildman–Crippen LogP) is -1.38. The lowest BCUT2D eigenvalue weighted by molar-refractivity contribution is -0.138. The molecule has 2 aromatic rings. The smallest absolute Gasteiger partial charge is 0.303 e. The minimum Gasteiger partial charge on any atom is -0.481 e. The van der Waals surface area contributed by atoms with Crippen molar-refractivity contribution in [1.29, 1.82) is 0 Å². The second-order valence-electron chi connectivity index (χ2n) is 11.4. The van der Waals surface area contributed by atoms with Gasteiger partial charge < -0.3 is 43.6 Å². The van der Waals surface area contributed by atoms with Crippen molar-refractivity contribution in [2.45, 2.75) is 76.2 Å². The molecule has 0 saturated carbocycles. The number of nitrogens with one attached hydrogen (secondary N) is 4. The van der Waals surface area contributed by atoms with Crippen molar-refractivity contribution in [2.24, 2.45) is 23.1 Å². The van der Waals surface area contributed by atoms with E-state index in [9.17, 15) is 38.7 Å². The summed E-state index contributed by atoms with van der Waals surface area (Å²) in [4.78, 5) is 88.2. The monoisotopic (exact) mass is 653 g/mol. The Morgan fingerprint density at radius 3 is 1.62 bits per heavy atom. The van der Waals surface area contributed by atoms with E-state index >= 15 is 0 Å². The Bertz CT molecular complexity index is 1400. The van der Waals surface area contributed by atoms with Crippen LogP contribution in [-0.4, -0.2) is 76.7 Å². The van der Waals surface area contributed by atoms with Gasteiger partial charge in [0.05, 0.1) is 12.5 Å². The SMILES string of the molecule is CC(C)[C@H](NC(=O)[C@H](Cc1ccccc1)NC(=O)[C@H](CCC(=O)O)NC(=O)[C@@H](CC(N)=O)NC(=O)[C@@H](N)Cc1ccccc1)C(N)=O. The van der Waals surface area contributed by atoms with E-state index in [-0.39, 0.29) is 18.8 Å². The molecule has 2 aromatic carbocycles. The number of rotatable bonds is 19. The summed E-state index contributed by atoms with van der Waals surface area (Å²) in [6.07, 6.45) is -1.51. The Labute approximate surface area is 272 Å². The number of nitrogens with two attached hydrogens (primary N) is 3. The summed E-state index contributed by atoms with van der Waals surface area (Å²) in [7, 11) is 0. The van der Waals surface area contributed by atoms with E-state index in [0.29, 0.717) is 5.56 Å². The first-order valence-electron chi connectivity index (χ1n) is 15.0. The molecule has 6 amide bonds. The maximum absolute atomic E-state index is 13.5. The average molecular weight is 654 g/mol. The average Bonchev–Trinajstić information content (AvgIpc) is 3.01. The molecule has 15 nitrogen and oxygen atoms in total. The second kappa shape index (κ2) is 18.6. The first-order valence-corrected chi connectivity index (χ1v) is 15.0. The quantitative estimate of drug-likeness (QED) is 0.0886. The molecule has 15 heteroatoms. The molecule has 0 spiro atoms. The van der Waals surface area contributed by atoms with Crippen LogP contribution in [0.25, 0.3) is 0 Å². The molecule has 2 rings (SSSR count). The lowest BCUT2D eigenvalue weighted by atomic mass is 10.0. The van der Waals surface area contributed by atoms with Crippen molar-refractivity contribution in [3.63, 3.8) is 0 Å². The van der Waals surface area contributed by atoms with E-state index in [1.807, 2.05) is 0 Å². The molecule has 0 aliphatic heterocycles. The van der Waals surface area contributed by atoms with E-state index in [1.165, 1.54) is 0 Å². The summed E-state index contributed by atoms with van der Waals surface area (Å²) in [5, 5.41) is 19.1. The molecule has 0 aromatic heterocycles. The summed E-state index contributed by atoms with van der Waals surface area (Å²) >= 11 is 0. The Morgan fingerprint density at radius 1 is 0.660 bits per heavy atom. The van der Waals surface area contributed by atoms with Gasteiger partial charge in [-0.2, -0.15) is 0 Å². The van der Waals surface area contributed by atoms with E-state index in [4.69, 9.17) is 17.2 Å². The summed E-state index contributed by atoms with van der Waals surface area (Å²) < 4.78 is 0. The second-order valence-corrected chi connectivity index (χ2v) is 11.4. The summed E-state index contributed by atoms with van der Waals surface area (Å²) in [5.74, 6) is -6.81. The van der Waals surface area contributed by atoms with E-state index < -0.39 is 90.9 Å². The van der Waals surface area contributed by atoms with Gasteiger partial charge in [0.15, 0.2) is 0 Å². The molecule has 5 atom stereocenters. The van der Waals surface area contributed by atoms with Crippen LogP contribution in [-0.2, 0) is 46.4 Å². The molecule has 0 heterocycles. The molecule has 11 N–H and O–H groups in total. The van der Waals surface area contributed by atoms with Gasteiger partial charge in [-0.25, -0.2) is 0 Å². The standard InChI is InChI=1S/C32H43N7O8/c1-18(2)27(28(35)43)39-32(47)23(16-20-11-7-4-8-12-20)38-30(45)22(13-14-26(41)42)36-31(46)24(17-25(34)40)37-29(44)21(33)15-19-9-5-3-6-10-19/h3-12,18,21-24,27H,13-17,33H2,1-2H3,(H2,34,40)(H2,35,43)(H,36,46)(H,37,44)(H,38,45)(H,39,47)(H,41,42)/t21-,22-,23-,24+,27-/m0/s1. The number of carbonyl (C=O) groups is 7. The van der Waals surface area contributed by atoms with Crippen molar-refractivity contribution in [1.82, 2.24) is 21.3 Å². The Kier molecular flexibility index (Phi) is 15.0. The van der Waals surface area contributed by atoms with Crippen LogP contribution in [0.3, 0.4) is 0 Å². The highest BCUT2D eigenvalue weighted by atomic mass is 16.4. The number of primary amides is 2. The van der Waals surface area contributed by atoms with Crippen molar-refractivity contribution in [2.75, 3.05) is 0 Å². The summed E-state index contributed by atoms with van der Waals surface area (Å²) in [5.41, 5.74) is 18.2. The third-order valence-corrected chi connectivity index (χ3v) is 7.14. The number of carboxylic acid groups (broad SMARTS) is 1.